The normalized spacial score (nSPS) is 12.8. The van der Waals surface area contributed by atoms with Gasteiger partial charge in [-0.25, -0.2) is 14.5 Å². The number of hydrogen-bond donors (Lipinski definition) is 1. The van der Waals surface area contributed by atoms with Gasteiger partial charge in [0.1, 0.15) is 12.1 Å². The molecule has 228 valence electrons. The van der Waals surface area contributed by atoms with Gasteiger partial charge in [-0.15, -0.1) is 29.6 Å². The van der Waals surface area contributed by atoms with Crippen LogP contribution in [0.2, 0.25) is 0 Å². The summed E-state index contributed by atoms with van der Waals surface area (Å²) in [5, 5.41) is 9.43. The average molecular weight is 621 g/mol. The van der Waals surface area contributed by atoms with E-state index in [2.05, 4.69) is 51.1 Å². The molecule has 3 aromatic carbocycles. The number of nitrogens with zero attached hydrogens (tertiary/aromatic N) is 5. The number of nitrogens with one attached hydrogen (secondary N) is 1. The number of alkyl halides is 3. The highest BCUT2D eigenvalue weighted by molar-refractivity contribution is 7.07. The van der Waals surface area contributed by atoms with Gasteiger partial charge in [-0.1, -0.05) is 42.5 Å². The zero-order chi connectivity index (χ0) is 31.4. The summed E-state index contributed by atoms with van der Waals surface area (Å²) in [6, 6.07) is 18.9. The van der Waals surface area contributed by atoms with E-state index in [1.807, 2.05) is 54.1 Å². The van der Waals surface area contributed by atoms with Crippen LogP contribution < -0.4 is 14.9 Å². The molecule has 0 aliphatic heterocycles. The molecule has 0 bridgehead atoms. The maximum atomic E-state index is 12.8. The molecule has 1 atom stereocenters. The average Bonchev–Trinajstić information content (AvgIpc) is 3.59. The van der Waals surface area contributed by atoms with Gasteiger partial charge in [-0.2, -0.15) is 4.99 Å². The maximum Gasteiger partial charge on any atom is 0.573 e. The number of ether oxygens (including phenoxy) is 1. The van der Waals surface area contributed by atoms with Crippen LogP contribution in [0.25, 0.3) is 22.8 Å². The number of carbonyl (C=O) groups is 1. The molecule has 1 N–H and O–H groups in total. The molecule has 0 spiro atoms. The van der Waals surface area contributed by atoms with Crippen molar-refractivity contribution in [3.05, 3.63) is 106 Å². The lowest BCUT2D eigenvalue weighted by atomic mass is 10.0. The molecule has 8 nitrogen and oxygen atoms in total. The van der Waals surface area contributed by atoms with Gasteiger partial charge in [0, 0.05) is 22.7 Å². The van der Waals surface area contributed by atoms with E-state index in [1.165, 1.54) is 46.6 Å². The quantitative estimate of drug-likeness (QED) is 0.198. The minimum atomic E-state index is -4.75. The smallest absolute Gasteiger partial charge is 0.406 e. The molecule has 1 unspecified atom stereocenters. The first-order valence-corrected chi connectivity index (χ1v) is 14.8. The van der Waals surface area contributed by atoms with Gasteiger partial charge in [0.05, 0.1) is 11.4 Å². The number of amides is 2. The number of urea groups is 1. The monoisotopic (exact) mass is 620 g/mol. The number of aryl methyl sites for hydroxylation is 4. The van der Waals surface area contributed by atoms with Crippen molar-refractivity contribution in [2.45, 2.75) is 52.9 Å². The molecule has 5 rings (SSSR count). The first kappa shape index (κ1) is 30.7. The molecular weight excluding hydrogens is 589 g/mol. The van der Waals surface area contributed by atoms with Crippen molar-refractivity contribution < 1.29 is 22.7 Å². The van der Waals surface area contributed by atoms with E-state index in [1.54, 1.807) is 0 Å². The van der Waals surface area contributed by atoms with E-state index < -0.39 is 6.36 Å². The van der Waals surface area contributed by atoms with E-state index in [0.717, 1.165) is 46.5 Å². The van der Waals surface area contributed by atoms with Crippen molar-refractivity contribution in [2.75, 3.05) is 0 Å². The summed E-state index contributed by atoms with van der Waals surface area (Å²) < 4.78 is 44.6. The van der Waals surface area contributed by atoms with Crippen LogP contribution in [0, 0.1) is 20.8 Å². The van der Waals surface area contributed by atoms with Crippen molar-refractivity contribution in [1.29, 1.82) is 0 Å². The minimum Gasteiger partial charge on any atom is -0.406 e. The molecular formula is C32H31F3N6O2S. The molecule has 0 aliphatic carbocycles. The third-order valence-electron chi connectivity index (χ3n) is 7.01. The van der Waals surface area contributed by atoms with Gasteiger partial charge in [0.2, 0.25) is 0 Å². The molecule has 0 aliphatic rings. The number of aromatic nitrogens is 4. The third kappa shape index (κ3) is 7.43. The second-order valence-electron chi connectivity index (χ2n) is 10.5. The largest absolute Gasteiger partial charge is 0.573 e. The predicted octanol–water partition coefficient (Wildman–Crippen LogP) is 7.24. The Bertz CT molecular complexity index is 1800. The van der Waals surface area contributed by atoms with E-state index in [9.17, 15) is 18.0 Å². The van der Waals surface area contributed by atoms with Crippen molar-refractivity contribution >= 4 is 17.4 Å². The lowest BCUT2D eigenvalue weighted by Crippen LogP contribution is -2.32. The van der Waals surface area contributed by atoms with Gasteiger partial charge in [-0.05, 0) is 81.5 Å². The van der Waals surface area contributed by atoms with Crippen LogP contribution in [-0.2, 0) is 6.42 Å². The van der Waals surface area contributed by atoms with Crippen LogP contribution in [0.4, 0.5) is 18.0 Å². The molecule has 5 aromatic rings. The Kier molecular flexibility index (Phi) is 9.00. The summed E-state index contributed by atoms with van der Waals surface area (Å²) in [6.45, 7) is 8.07. The van der Waals surface area contributed by atoms with Gasteiger partial charge < -0.3 is 10.1 Å². The number of benzene rings is 3. The van der Waals surface area contributed by atoms with Crippen LogP contribution >= 0.6 is 11.3 Å². The fourth-order valence-corrected chi connectivity index (χ4v) is 5.68. The molecule has 0 saturated heterocycles. The van der Waals surface area contributed by atoms with Crippen LogP contribution in [0.5, 0.6) is 5.75 Å². The standard InChI is InChI=1S/C32H31F3N6O2S/c1-20-6-5-7-21(2)28(20)41-23(4)18-44-31(41)38-30(42)37-22(3)8-9-24-10-12-25(13-11-24)29-36-19-40(39-29)26-14-16-27(17-15-26)43-32(33,34)35/h5-7,10-19,22H,8-9H2,1-4H3,(H,37,42)/b38-31-. The molecule has 44 heavy (non-hydrogen) atoms. The highest BCUT2D eigenvalue weighted by Crippen LogP contribution is 2.24. The van der Waals surface area contributed by atoms with E-state index >= 15 is 0 Å². The molecule has 12 heteroatoms. The zero-order valence-corrected chi connectivity index (χ0v) is 25.4. The molecule has 0 radical (unpaired) electrons. The summed E-state index contributed by atoms with van der Waals surface area (Å²) in [4.78, 5) is 22.2. The van der Waals surface area contributed by atoms with Crippen LogP contribution in [0.15, 0.2) is 83.4 Å². The summed E-state index contributed by atoms with van der Waals surface area (Å²) in [5.74, 6) is 0.177. The summed E-state index contributed by atoms with van der Waals surface area (Å²) in [5.41, 5.74) is 6.74. The van der Waals surface area contributed by atoms with Gasteiger partial charge in [0.25, 0.3) is 0 Å². The first-order chi connectivity index (χ1) is 21.0. The lowest BCUT2D eigenvalue weighted by Gasteiger charge is -2.14. The van der Waals surface area contributed by atoms with Crippen molar-refractivity contribution in [3.8, 4) is 28.5 Å². The second kappa shape index (κ2) is 12.9. The first-order valence-electron chi connectivity index (χ1n) is 13.9. The minimum absolute atomic E-state index is 0.0917. The number of para-hydroxylation sites is 1. The number of thiazole rings is 1. The highest BCUT2D eigenvalue weighted by Gasteiger charge is 2.31. The fraction of sp³-hybridized carbons (Fsp3) is 0.250. The fourth-order valence-electron chi connectivity index (χ4n) is 4.83. The van der Waals surface area contributed by atoms with Crippen LogP contribution in [-0.4, -0.2) is 37.8 Å². The van der Waals surface area contributed by atoms with E-state index in [4.69, 9.17) is 0 Å². The van der Waals surface area contributed by atoms with E-state index in [0.29, 0.717) is 16.3 Å². The number of hydrogen-bond acceptors (Lipinski definition) is 5. The number of halogens is 3. The Morgan fingerprint density at radius 1 is 1.02 bits per heavy atom. The predicted molar refractivity (Wildman–Crippen MR) is 163 cm³/mol. The second-order valence-corrected chi connectivity index (χ2v) is 11.3. The van der Waals surface area contributed by atoms with E-state index in [-0.39, 0.29) is 17.8 Å². The summed E-state index contributed by atoms with van der Waals surface area (Å²) in [7, 11) is 0. The van der Waals surface area contributed by atoms with Gasteiger partial charge in [-0.3, -0.25) is 4.57 Å². The molecule has 2 aromatic heterocycles. The van der Waals surface area contributed by atoms with Gasteiger partial charge >= 0.3 is 12.4 Å². The molecule has 2 heterocycles. The molecule has 2 amide bonds. The summed E-state index contributed by atoms with van der Waals surface area (Å²) >= 11 is 1.44. The number of rotatable bonds is 8. The summed E-state index contributed by atoms with van der Waals surface area (Å²) in [6.07, 6.45) is -1.78. The Balaban J connectivity index is 1.18. The Morgan fingerprint density at radius 3 is 2.36 bits per heavy atom. The maximum absolute atomic E-state index is 12.8. The van der Waals surface area contributed by atoms with Crippen LogP contribution in [0.1, 0.15) is 35.7 Å². The Hall–Kier alpha value is -4.71. The van der Waals surface area contributed by atoms with Crippen LogP contribution in [0.3, 0.4) is 0 Å². The van der Waals surface area contributed by atoms with Gasteiger partial charge in [0.15, 0.2) is 10.6 Å². The molecule has 0 saturated carbocycles. The lowest BCUT2D eigenvalue weighted by molar-refractivity contribution is -0.274. The number of carbonyl (C=O) groups excluding carboxylic acids is 1. The van der Waals surface area contributed by atoms with Crippen molar-refractivity contribution in [3.63, 3.8) is 0 Å². The highest BCUT2D eigenvalue weighted by atomic mass is 32.1. The zero-order valence-electron chi connectivity index (χ0n) is 24.6. The van der Waals surface area contributed by atoms with Crippen molar-refractivity contribution in [2.24, 2.45) is 4.99 Å². The Labute approximate surface area is 256 Å². The third-order valence-corrected chi connectivity index (χ3v) is 7.96. The topological polar surface area (TPSA) is 86.3 Å². The molecule has 0 fully saturated rings. The Morgan fingerprint density at radius 2 is 1.70 bits per heavy atom. The SMILES string of the molecule is Cc1cccc(C)c1-n1c(C)cs/c1=N\C(=O)NC(C)CCc1ccc(-c2ncn(-c3ccc(OC(F)(F)F)cc3)n2)cc1. The van der Waals surface area contributed by atoms with Crippen molar-refractivity contribution in [1.82, 2.24) is 24.6 Å².